The minimum Gasteiger partial charge on any atom is -0.452 e. The number of hydrogen-bond donors (Lipinski definition) is 0. The molecule has 0 aliphatic heterocycles. The number of aromatic nitrogens is 3. The molecule has 0 fully saturated rings. The Bertz CT molecular complexity index is 1150. The standard InChI is InChI=1S/C21H14BrN3O3/c22-17-9-6-16(7-10-17)21-25-24-18(28-21)13-27-19(26)11-8-15-4-1-3-14-5-2-12-23-20(14)15/h1-12H,13H2/b11-8+. The quantitative estimate of drug-likeness (QED) is 0.330. The maximum absolute atomic E-state index is 12.0. The van der Waals surface area contributed by atoms with Crippen molar-refractivity contribution in [2.75, 3.05) is 0 Å². The molecule has 4 rings (SSSR count). The van der Waals surface area contributed by atoms with E-state index in [1.165, 1.54) is 6.08 Å². The lowest BCUT2D eigenvalue weighted by Gasteiger charge is -2.01. The first-order chi connectivity index (χ1) is 13.7. The Hall–Kier alpha value is -3.32. The molecule has 7 heteroatoms. The van der Waals surface area contributed by atoms with Gasteiger partial charge in [-0.2, -0.15) is 0 Å². The van der Waals surface area contributed by atoms with E-state index in [-0.39, 0.29) is 12.5 Å². The van der Waals surface area contributed by atoms with Crippen LogP contribution in [0, 0.1) is 0 Å². The Balaban J connectivity index is 1.39. The second-order valence-corrected chi connectivity index (χ2v) is 6.79. The minimum absolute atomic E-state index is 0.0967. The van der Waals surface area contributed by atoms with E-state index >= 15 is 0 Å². The van der Waals surface area contributed by atoms with Crippen molar-refractivity contribution < 1.29 is 13.9 Å². The Labute approximate surface area is 169 Å². The van der Waals surface area contributed by atoms with Crippen molar-refractivity contribution in [1.82, 2.24) is 15.2 Å². The normalized spacial score (nSPS) is 11.2. The second-order valence-electron chi connectivity index (χ2n) is 5.87. The number of rotatable bonds is 5. The fraction of sp³-hybridized carbons (Fsp3) is 0.0476. The molecule has 0 amide bonds. The Morgan fingerprint density at radius 1 is 1.07 bits per heavy atom. The third-order valence-corrected chi connectivity index (χ3v) is 4.49. The summed E-state index contributed by atoms with van der Waals surface area (Å²) in [4.78, 5) is 16.4. The van der Waals surface area contributed by atoms with Gasteiger partial charge in [-0.1, -0.05) is 40.2 Å². The molecule has 28 heavy (non-hydrogen) atoms. The molecule has 0 aliphatic rings. The SMILES string of the molecule is O=C(/C=C/c1cccc2cccnc12)OCc1nnc(-c2ccc(Br)cc2)o1. The predicted molar refractivity (Wildman–Crippen MR) is 108 cm³/mol. The van der Waals surface area contributed by atoms with Gasteiger partial charge in [0, 0.05) is 33.3 Å². The summed E-state index contributed by atoms with van der Waals surface area (Å²) < 4.78 is 11.7. The summed E-state index contributed by atoms with van der Waals surface area (Å²) in [6.07, 6.45) is 4.75. The van der Waals surface area contributed by atoms with Gasteiger partial charge < -0.3 is 9.15 Å². The molecule has 0 saturated heterocycles. The molecular weight excluding hydrogens is 422 g/mol. The number of para-hydroxylation sites is 1. The first-order valence-electron chi connectivity index (χ1n) is 8.46. The number of hydrogen-bond acceptors (Lipinski definition) is 6. The second kappa shape index (κ2) is 8.14. The third-order valence-electron chi connectivity index (χ3n) is 3.96. The summed E-state index contributed by atoms with van der Waals surface area (Å²) in [6, 6.07) is 17.1. The lowest BCUT2D eigenvalue weighted by Crippen LogP contribution is -2.01. The Morgan fingerprint density at radius 3 is 2.75 bits per heavy atom. The zero-order valence-electron chi connectivity index (χ0n) is 14.6. The highest BCUT2D eigenvalue weighted by Gasteiger charge is 2.10. The van der Waals surface area contributed by atoms with Gasteiger partial charge in [0.15, 0.2) is 6.61 Å². The first-order valence-corrected chi connectivity index (χ1v) is 9.25. The topological polar surface area (TPSA) is 78.1 Å². The number of benzene rings is 2. The van der Waals surface area contributed by atoms with Gasteiger partial charge in [-0.25, -0.2) is 4.79 Å². The molecular formula is C21H14BrN3O3. The molecule has 6 nitrogen and oxygen atoms in total. The van der Waals surface area contributed by atoms with Crippen molar-refractivity contribution in [1.29, 1.82) is 0 Å². The highest BCUT2D eigenvalue weighted by Crippen LogP contribution is 2.21. The number of halogens is 1. The van der Waals surface area contributed by atoms with Gasteiger partial charge in [0.05, 0.1) is 5.52 Å². The molecule has 0 bridgehead atoms. The van der Waals surface area contributed by atoms with E-state index in [4.69, 9.17) is 9.15 Å². The molecule has 0 spiro atoms. The predicted octanol–water partition coefficient (Wildman–Crippen LogP) is 4.80. The van der Waals surface area contributed by atoms with Crippen molar-refractivity contribution in [2.45, 2.75) is 6.61 Å². The maximum atomic E-state index is 12.0. The minimum atomic E-state index is -0.503. The van der Waals surface area contributed by atoms with Gasteiger partial charge in [0.1, 0.15) is 0 Å². The van der Waals surface area contributed by atoms with E-state index in [1.807, 2.05) is 54.6 Å². The van der Waals surface area contributed by atoms with Crippen molar-refractivity contribution in [3.05, 3.63) is 82.8 Å². The molecule has 0 unspecified atom stereocenters. The fourth-order valence-corrected chi connectivity index (χ4v) is 2.89. The monoisotopic (exact) mass is 435 g/mol. The van der Waals surface area contributed by atoms with Gasteiger partial charge >= 0.3 is 5.97 Å². The zero-order valence-corrected chi connectivity index (χ0v) is 16.2. The number of esters is 1. The molecule has 2 aromatic carbocycles. The number of nitrogens with zero attached hydrogens (tertiary/aromatic N) is 3. The van der Waals surface area contributed by atoms with Crippen molar-refractivity contribution in [3.63, 3.8) is 0 Å². The third kappa shape index (κ3) is 4.15. The van der Waals surface area contributed by atoms with Crippen LogP contribution in [-0.2, 0) is 16.1 Å². The maximum Gasteiger partial charge on any atom is 0.331 e. The number of carbonyl (C=O) groups excluding carboxylic acids is 1. The van der Waals surface area contributed by atoms with Crippen LogP contribution in [0.25, 0.3) is 28.4 Å². The van der Waals surface area contributed by atoms with Gasteiger partial charge in [-0.15, -0.1) is 10.2 Å². The summed E-state index contributed by atoms with van der Waals surface area (Å²) in [7, 11) is 0. The molecule has 0 N–H and O–H groups in total. The van der Waals surface area contributed by atoms with Crippen molar-refractivity contribution in [2.24, 2.45) is 0 Å². The summed E-state index contributed by atoms with van der Waals surface area (Å²) in [5.74, 6) is 0.0961. The number of fused-ring (bicyclic) bond motifs is 1. The van der Waals surface area contributed by atoms with E-state index in [0.29, 0.717) is 5.89 Å². The van der Waals surface area contributed by atoms with E-state index in [9.17, 15) is 4.79 Å². The molecule has 138 valence electrons. The Morgan fingerprint density at radius 2 is 1.89 bits per heavy atom. The van der Waals surface area contributed by atoms with Gasteiger partial charge in [0.2, 0.25) is 5.89 Å². The van der Waals surface area contributed by atoms with Crippen molar-refractivity contribution in [3.8, 4) is 11.5 Å². The summed E-state index contributed by atoms with van der Waals surface area (Å²) in [5.41, 5.74) is 2.45. The van der Waals surface area contributed by atoms with E-state index in [2.05, 4.69) is 31.1 Å². The summed E-state index contributed by atoms with van der Waals surface area (Å²) in [5, 5.41) is 8.88. The van der Waals surface area contributed by atoms with Crippen LogP contribution in [-0.4, -0.2) is 21.2 Å². The summed E-state index contributed by atoms with van der Waals surface area (Å²) in [6.45, 7) is -0.0967. The fourth-order valence-electron chi connectivity index (χ4n) is 2.62. The van der Waals surface area contributed by atoms with Gasteiger partial charge in [-0.3, -0.25) is 4.98 Å². The van der Waals surface area contributed by atoms with Crippen LogP contribution in [0.15, 0.2) is 75.8 Å². The van der Waals surface area contributed by atoms with Crippen LogP contribution < -0.4 is 0 Å². The molecule has 0 atom stereocenters. The van der Waals surface area contributed by atoms with Gasteiger partial charge in [0.25, 0.3) is 5.89 Å². The molecule has 2 heterocycles. The molecule has 4 aromatic rings. The first kappa shape index (κ1) is 18.1. The van der Waals surface area contributed by atoms with E-state index in [0.717, 1.165) is 26.5 Å². The van der Waals surface area contributed by atoms with Crippen LogP contribution in [0.1, 0.15) is 11.5 Å². The number of ether oxygens (including phenoxy) is 1. The van der Waals surface area contributed by atoms with Crippen LogP contribution >= 0.6 is 15.9 Å². The van der Waals surface area contributed by atoms with Crippen LogP contribution in [0.2, 0.25) is 0 Å². The molecule has 0 radical (unpaired) electrons. The smallest absolute Gasteiger partial charge is 0.331 e. The van der Waals surface area contributed by atoms with Crippen molar-refractivity contribution >= 4 is 38.9 Å². The largest absolute Gasteiger partial charge is 0.452 e. The van der Waals surface area contributed by atoms with E-state index < -0.39 is 5.97 Å². The highest BCUT2D eigenvalue weighted by atomic mass is 79.9. The van der Waals surface area contributed by atoms with Gasteiger partial charge in [-0.05, 0) is 36.4 Å². The van der Waals surface area contributed by atoms with Crippen LogP contribution in [0.5, 0.6) is 0 Å². The lowest BCUT2D eigenvalue weighted by molar-refractivity contribution is -0.139. The lowest BCUT2D eigenvalue weighted by atomic mass is 10.1. The van der Waals surface area contributed by atoms with E-state index in [1.54, 1.807) is 12.3 Å². The number of pyridine rings is 1. The zero-order chi connectivity index (χ0) is 19.3. The molecule has 0 aliphatic carbocycles. The Kier molecular flexibility index (Phi) is 5.25. The average Bonchev–Trinajstić information content (AvgIpc) is 3.20. The van der Waals surface area contributed by atoms with Crippen LogP contribution in [0.4, 0.5) is 0 Å². The average molecular weight is 436 g/mol. The molecule has 2 aromatic heterocycles. The van der Waals surface area contributed by atoms with Crippen LogP contribution in [0.3, 0.4) is 0 Å². The highest BCUT2D eigenvalue weighted by molar-refractivity contribution is 9.10. The summed E-state index contributed by atoms with van der Waals surface area (Å²) >= 11 is 3.37. The number of carbonyl (C=O) groups is 1. The molecule has 0 saturated carbocycles.